The molecule has 1 heterocycles. The molecule has 0 amide bonds. The van der Waals surface area contributed by atoms with E-state index >= 15 is 0 Å². The standard InChI is InChI=1S/C20H32N2/c1-4-20(16-6-5-7-16)22-12-18(11-19(21)13-22)17-9-8-14(2)15(3)10-17/h8-10,16,18-20H,4-7,11-13,21H2,1-3H3. The molecule has 0 bridgehead atoms. The van der Waals surface area contributed by atoms with Crippen molar-refractivity contribution in [2.24, 2.45) is 11.7 Å². The van der Waals surface area contributed by atoms with Gasteiger partial charge in [-0.1, -0.05) is 31.5 Å². The highest BCUT2D eigenvalue weighted by Gasteiger charge is 2.35. The molecule has 1 aromatic rings. The third kappa shape index (κ3) is 3.23. The Labute approximate surface area is 136 Å². The Kier molecular flexibility index (Phi) is 4.89. The van der Waals surface area contributed by atoms with Crippen molar-refractivity contribution in [1.82, 2.24) is 4.90 Å². The molecule has 22 heavy (non-hydrogen) atoms. The van der Waals surface area contributed by atoms with Crippen LogP contribution in [0, 0.1) is 19.8 Å². The molecule has 122 valence electrons. The summed E-state index contributed by atoms with van der Waals surface area (Å²) in [4.78, 5) is 2.72. The molecule has 3 unspecified atom stereocenters. The minimum absolute atomic E-state index is 0.328. The van der Waals surface area contributed by atoms with Gasteiger partial charge in [-0.2, -0.15) is 0 Å². The van der Waals surface area contributed by atoms with Crippen molar-refractivity contribution in [2.45, 2.75) is 70.9 Å². The summed E-state index contributed by atoms with van der Waals surface area (Å²) in [5, 5.41) is 0. The topological polar surface area (TPSA) is 29.3 Å². The van der Waals surface area contributed by atoms with E-state index in [0.717, 1.165) is 24.9 Å². The van der Waals surface area contributed by atoms with Crippen molar-refractivity contribution in [3.63, 3.8) is 0 Å². The second kappa shape index (κ2) is 6.72. The molecular weight excluding hydrogens is 268 g/mol. The van der Waals surface area contributed by atoms with Crippen molar-refractivity contribution in [3.05, 3.63) is 34.9 Å². The van der Waals surface area contributed by atoms with Crippen LogP contribution in [0.3, 0.4) is 0 Å². The molecule has 1 aliphatic heterocycles. The van der Waals surface area contributed by atoms with Gasteiger partial charge in [-0.15, -0.1) is 0 Å². The summed E-state index contributed by atoms with van der Waals surface area (Å²) >= 11 is 0. The van der Waals surface area contributed by atoms with Gasteiger partial charge in [0, 0.05) is 25.2 Å². The first-order valence-corrected chi connectivity index (χ1v) is 9.15. The van der Waals surface area contributed by atoms with E-state index in [4.69, 9.17) is 5.73 Å². The van der Waals surface area contributed by atoms with E-state index in [9.17, 15) is 0 Å². The summed E-state index contributed by atoms with van der Waals surface area (Å²) in [6.07, 6.45) is 6.70. The molecule has 3 atom stereocenters. The van der Waals surface area contributed by atoms with E-state index in [0.29, 0.717) is 12.0 Å². The van der Waals surface area contributed by atoms with E-state index in [-0.39, 0.29) is 0 Å². The lowest BCUT2D eigenvalue weighted by atomic mass is 9.76. The van der Waals surface area contributed by atoms with Crippen LogP contribution in [0.25, 0.3) is 0 Å². The highest BCUT2D eigenvalue weighted by molar-refractivity contribution is 5.32. The molecule has 1 aliphatic carbocycles. The van der Waals surface area contributed by atoms with Crippen molar-refractivity contribution in [2.75, 3.05) is 13.1 Å². The SMILES string of the molecule is CCC(C1CCC1)N1CC(N)CC(c2ccc(C)c(C)c2)C1. The molecule has 2 fully saturated rings. The second-order valence-corrected chi connectivity index (χ2v) is 7.66. The number of rotatable bonds is 4. The number of piperidine rings is 1. The van der Waals surface area contributed by atoms with Gasteiger partial charge in [0.15, 0.2) is 0 Å². The summed E-state index contributed by atoms with van der Waals surface area (Å²) < 4.78 is 0. The van der Waals surface area contributed by atoms with Gasteiger partial charge in [-0.05, 0) is 68.1 Å². The van der Waals surface area contributed by atoms with E-state index < -0.39 is 0 Å². The number of likely N-dealkylation sites (tertiary alicyclic amines) is 1. The Balaban J connectivity index is 1.76. The van der Waals surface area contributed by atoms with Gasteiger partial charge in [0.1, 0.15) is 0 Å². The van der Waals surface area contributed by atoms with Crippen molar-refractivity contribution in [1.29, 1.82) is 0 Å². The van der Waals surface area contributed by atoms with Gasteiger partial charge in [0.2, 0.25) is 0 Å². The number of benzene rings is 1. The van der Waals surface area contributed by atoms with E-state index in [1.165, 1.54) is 48.9 Å². The zero-order chi connectivity index (χ0) is 15.7. The molecule has 0 spiro atoms. The zero-order valence-electron chi connectivity index (χ0n) is 14.5. The third-order valence-electron chi connectivity index (χ3n) is 6.09. The molecule has 0 aromatic heterocycles. The monoisotopic (exact) mass is 300 g/mol. The summed E-state index contributed by atoms with van der Waals surface area (Å²) in [5.41, 5.74) is 10.7. The Bertz CT molecular complexity index is 506. The third-order valence-corrected chi connectivity index (χ3v) is 6.09. The van der Waals surface area contributed by atoms with Gasteiger partial charge in [-0.25, -0.2) is 0 Å². The lowest BCUT2D eigenvalue weighted by Crippen LogP contribution is -2.53. The number of nitrogens with zero attached hydrogens (tertiary/aromatic N) is 1. The Morgan fingerprint density at radius 1 is 1.18 bits per heavy atom. The number of aryl methyl sites for hydroxylation is 2. The maximum atomic E-state index is 6.43. The molecular formula is C20H32N2. The quantitative estimate of drug-likeness (QED) is 0.910. The second-order valence-electron chi connectivity index (χ2n) is 7.66. The number of hydrogen-bond acceptors (Lipinski definition) is 2. The fourth-order valence-electron chi connectivity index (χ4n) is 4.42. The lowest BCUT2D eigenvalue weighted by molar-refractivity contribution is 0.0605. The van der Waals surface area contributed by atoms with Gasteiger partial charge in [0.05, 0.1) is 0 Å². The molecule has 2 aliphatic rings. The average molecular weight is 300 g/mol. The van der Waals surface area contributed by atoms with E-state index in [1.54, 1.807) is 0 Å². The fraction of sp³-hybridized carbons (Fsp3) is 0.700. The van der Waals surface area contributed by atoms with E-state index in [2.05, 4.69) is 43.9 Å². The van der Waals surface area contributed by atoms with Crippen LogP contribution in [-0.2, 0) is 0 Å². The largest absolute Gasteiger partial charge is 0.327 e. The van der Waals surface area contributed by atoms with Crippen molar-refractivity contribution in [3.8, 4) is 0 Å². The van der Waals surface area contributed by atoms with Crippen LogP contribution in [-0.4, -0.2) is 30.1 Å². The number of hydrogen-bond donors (Lipinski definition) is 1. The molecule has 2 heteroatoms. The van der Waals surface area contributed by atoms with Gasteiger partial charge in [0.25, 0.3) is 0 Å². The fourth-order valence-corrected chi connectivity index (χ4v) is 4.42. The van der Waals surface area contributed by atoms with Crippen LogP contribution in [0.1, 0.15) is 61.6 Å². The highest BCUT2D eigenvalue weighted by Crippen LogP contribution is 2.37. The molecule has 1 saturated carbocycles. The van der Waals surface area contributed by atoms with Crippen LogP contribution in [0.15, 0.2) is 18.2 Å². The summed E-state index contributed by atoms with van der Waals surface area (Å²) in [6.45, 7) is 9.07. The first-order valence-electron chi connectivity index (χ1n) is 9.15. The van der Waals surface area contributed by atoms with Crippen LogP contribution in [0.5, 0.6) is 0 Å². The van der Waals surface area contributed by atoms with Crippen LogP contribution in [0.4, 0.5) is 0 Å². The molecule has 1 saturated heterocycles. The van der Waals surface area contributed by atoms with E-state index in [1.807, 2.05) is 0 Å². The maximum absolute atomic E-state index is 6.43. The van der Waals surface area contributed by atoms with Crippen LogP contribution < -0.4 is 5.73 Å². The molecule has 1 aromatic carbocycles. The first kappa shape index (κ1) is 16.0. The lowest BCUT2D eigenvalue weighted by Gasteiger charge is -2.46. The molecule has 2 N–H and O–H groups in total. The minimum Gasteiger partial charge on any atom is -0.327 e. The van der Waals surface area contributed by atoms with Gasteiger partial charge < -0.3 is 5.73 Å². The average Bonchev–Trinajstić information content (AvgIpc) is 2.44. The highest BCUT2D eigenvalue weighted by atomic mass is 15.2. The van der Waals surface area contributed by atoms with Gasteiger partial charge in [-0.3, -0.25) is 4.90 Å². The van der Waals surface area contributed by atoms with Gasteiger partial charge >= 0.3 is 0 Å². The number of nitrogens with two attached hydrogens (primary N) is 1. The Morgan fingerprint density at radius 2 is 1.95 bits per heavy atom. The zero-order valence-corrected chi connectivity index (χ0v) is 14.5. The predicted octanol–water partition coefficient (Wildman–Crippen LogP) is 4.00. The minimum atomic E-state index is 0.328. The normalized spacial score (nSPS) is 28.4. The molecule has 0 radical (unpaired) electrons. The summed E-state index contributed by atoms with van der Waals surface area (Å²) in [6, 6.07) is 8.08. The Morgan fingerprint density at radius 3 is 2.55 bits per heavy atom. The maximum Gasteiger partial charge on any atom is 0.0174 e. The predicted molar refractivity (Wildman–Crippen MR) is 94.2 cm³/mol. The summed E-state index contributed by atoms with van der Waals surface area (Å²) in [5.74, 6) is 1.54. The summed E-state index contributed by atoms with van der Waals surface area (Å²) in [7, 11) is 0. The molecule has 2 nitrogen and oxygen atoms in total. The van der Waals surface area contributed by atoms with Crippen LogP contribution >= 0.6 is 0 Å². The van der Waals surface area contributed by atoms with Crippen molar-refractivity contribution < 1.29 is 0 Å². The first-order chi connectivity index (χ1) is 10.6. The Hall–Kier alpha value is -0.860. The van der Waals surface area contributed by atoms with Crippen molar-refractivity contribution >= 4 is 0 Å². The smallest absolute Gasteiger partial charge is 0.0174 e. The van der Waals surface area contributed by atoms with Crippen LogP contribution in [0.2, 0.25) is 0 Å². The molecule has 3 rings (SSSR count).